The van der Waals surface area contributed by atoms with Gasteiger partial charge in [0.05, 0.1) is 12.8 Å². The topological polar surface area (TPSA) is 85.5 Å². The highest BCUT2D eigenvalue weighted by Crippen LogP contribution is 2.41. The number of methoxy groups -OCH3 is 1. The molecule has 0 bridgehead atoms. The molecule has 0 aliphatic heterocycles. The van der Waals surface area contributed by atoms with E-state index in [4.69, 9.17) is 9.47 Å². The average Bonchev–Trinajstić information content (AvgIpc) is 3.32. The van der Waals surface area contributed by atoms with Crippen LogP contribution in [0.15, 0.2) is 24.3 Å². The van der Waals surface area contributed by atoms with E-state index < -0.39 is 5.97 Å². The van der Waals surface area contributed by atoms with Crippen molar-refractivity contribution in [1.82, 2.24) is 4.98 Å². The first-order valence-electron chi connectivity index (χ1n) is 10.0. The second kappa shape index (κ2) is 8.15. The Kier molecular flexibility index (Phi) is 5.54. The number of esters is 1. The number of rotatable bonds is 6. The van der Waals surface area contributed by atoms with E-state index in [1.807, 2.05) is 24.3 Å². The number of aromatic amines is 1. The number of carbonyl (C=O) groups excluding carboxylic acids is 3. The quantitative estimate of drug-likeness (QED) is 0.446. The zero-order chi connectivity index (χ0) is 22.3. The lowest BCUT2D eigenvalue weighted by molar-refractivity contribution is 0.0478. The molecule has 0 radical (unpaired) electrons. The van der Waals surface area contributed by atoms with Gasteiger partial charge in [-0.3, -0.25) is 9.59 Å². The van der Waals surface area contributed by atoms with Gasteiger partial charge in [-0.15, -0.1) is 11.3 Å². The molecule has 1 N–H and O–H groups in total. The van der Waals surface area contributed by atoms with Crippen LogP contribution in [0, 0.1) is 13.8 Å². The Balaban J connectivity index is 1.49. The summed E-state index contributed by atoms with van der Waals surface area (Å²) in [6, 6.07) is 7.83. The van der Waals surface area contributed by atoms with Gasteiger partial charge in [0.2, 0.25) is 5.78 Å². The molecule has 2 aromatic heterocycles. The zero-order valence-electron chi connectivity index (χ0n) is 17.9. The fourth-order valence-electron chi connectivity index (χ4n) is 4.17. The summed E-state index contributed by atoms with van der Waals surface area (Å²) >= 11 is 1.38. The highest BCUT2D eigenvalue weighted by Gasteiger charge is 2.24. The zero-order valence-corrected chi connectivity index (χ0v) is 18.7. The second-order valence-electron chi connectivity index (χ2n) is 7.67. The molecule has 7 heteroatoms. The minimum absolute atomic E-state index is 0.107. The van der Waals surface area contributed by atoms with Crippen LogP contribution in [0.2, 0.25) is 0 Å². The van der Waals surface area contributed by atoms with E-state index in [1.165, 1.54) is 23.8 Å². The van der Waals surface area contributed by atoms with E-state index in [-0.39, 0.29) is 18.2 Å². The number of aromatic nitrogens is 1. The van der Waals surface area contributed by atoms with Gasteiger partial charge in [-0.05, 0) is 80.1 Å². The van der Waals surface area contributed by atoms with E-state index in [0.717, 1.165) is 34.6 Å². The Morgan fingerprint density at radius 2 is 1.84 bits per heavy atom. The molecule has 3 aromatic rings. The second-order valence-corrected chi connectivity index (χ2v) is 8.72. The lowest BCUT2D eigenvalue weighted by Crippen LogP contribution is -2.15. The molecule has 2 heterocycles. The third-order valence-corrected chi connectivity index (χ3v) is 6.82. The minimum Gasteiger partial charge on any atom is -0.497 e. The average molecular weight is 438 g/mol. The number of ether oxygens (including phenoxy) is 2. The highest BCUT2D eigenvalue weighted by atomic mass is 32.1. The van der Waals surface area contributed by atoms with Crippen LogP contribution in [-0.4, -0.2) is 36.2 Å². The Morgan fingerprint density at radius 1 is 1.10 bits per heavy atom. The summed E-state index contributed by atoms with van der Waals surface area (Å²) in [5, 5.41) is 0. The summed E-state index contributed by atoms with van der Waals surface area (Å²) in [4.78, 5) is 41.5. The van der Waals surface area contributed by atoms with Crippen LogP contribution in [0.25, 0.3) is 10.4 Å². The smallest absolute Gasteiger partial charge is 0.348 e. The van der Waals surface area contributed by atoms with Crippen molar-refractivity contribution in [2.45, 2.75) is 33.6 Å². The van der Waals surface area contributed by atoms with Gasteiger partial charge in [0.1, 0.15) is 10.6 Å². The van der Waals surface area contributed by atoms with Gasteiger partial charge in [0, 0.05) is 16.1 Å². The van der Waals surface area contributed by atoms with Crippen molar-refractivity contribution in [2.24, 2.45) is 0 Å². The Bertz CT molecular complexity index is 1220. The van der Waals surface area contributed by atoms with Crippen molar-refractivity contribution in [3.63, 3.8) is 0 Å². The summed E-state index contributed by atoms with van der Waals surface area (Å²) in [7, 11) is 1.65. The van der Waals surface area contributed by atoms with Crippen LogP contribution in [0.1, 0.15) is 59.8 Å². The summed E-state index contributed by atoms with van der Waals surface area (Å²) < 4.78 is 10.6. The third kappa shape index (κ3) is 3.81. The van der Waals surface area contributed by atoms with Crippen molar-refractivity contribution in [3.8, 4) is 16.2 Å². The fourth-order valence-corrected chi connectivity index (χ4v) is 5.33. The first-order valence-corrected chi connectivity index (χ1v) is 10.8. The minimum atomic E-state index is -0.518. The maximum Gasteiger partial charge on any atom is 0.348 e. The predicted molar refractivity (Wildman–Crippen MR) is 119 cm³/mol. The molecule has 0 spiro atoms. The number of carbonyl (C=O) groups is 3. The van der Waals surface area contributed by atoms with Crippen molar-refractivity contribution >= 4 is 28.9 Å². The van der Waals surface area contributed by atoms with Crippen LogP contribution in [-0.2, 0) is 17.6 Å². The van der Waals surface area contributed by atoms with Gasteiger partial charge in [-0.2, -0.15) is 0 Å². The molecule has 0 atom stereocenters. The molecular weight excluding hydrogens is 414 g/mol. The monoisotopic (exact) mass is 437 g/mol. The van der Waals surface area contributed by atoms with Gasteiger partial charge in [0.15, 0.2) is 12.4 Å². The van der Waals surface area contributed by atoms with Crippen molar-refractivity contribution < 1.29 is 23.9 Å². The van der Waals surface area contributed by atoms with Gasteiger partial charge in [-0.1, -0.05) is 0 Å². The van der Waals surface area contributed by atoms with Crippen LogP contribution in [0.3, 0.4) is 0 Å². The molecule has 1 aliphatic rings. The predicted octanol–water partition coefficient (Wildman–Crippen LogP) is 4.71. The molecule has 6 nitrogen and oxygen atoms in total. The molecular formula is C24H23NO5S. The van der Waals surface area contributed by atoms with Crippen LogP contribution >= 0.6 is 11.3 Å². The number of Topliss-reactive ketones (excluding diaryl/α,β-unsaturated/α-hetero) is 2. The van der Waals surface area contributed by atoms with Crippen molar-refractivity contribution in [3.05, 3.63) is 62.8 Å². The number of thiophene rings is 1. The number of H-pyrrole nitrogens is 1. The summed E-state index contributed by atoms with van der Waals surface area (Å²) in [6.07, 6.45) is 1.72. The van der Waals surface area contributed by atoms with Crippen LogP contribution in [0.4, 0.5) is 0 Å². The number of hydrogen-bond acceptors (Lipinski definition) is 6. The van der Waals surface area contributed by atoms with Gasteiger partial charge in [-0.25, -0.2) is 4.79 Å². The molecule has 1 aromatic carbocycles. The van der Waals surface area contributed by atoms with Gasteiger partial charge >= 0.3 is 5.97 Å². The van der Waals surface area contributed by atoms with Crippen molar-refractivity contribution in [1.29, 1.82) is 0 Å². The van der Waals surface area contributed by atoms with Crippen LogP contribution < -0.4 is 4.74 Å². The molecule has 31 heavy (non-hydrogen) atoms. The van der Waals surface area contributed by atoms with E-state index >= 15 is 0 Å². The molecule has 0 amide bonds. The lowest BCUT2D eigenvalue weighted by Gasteiger charge is -2.16. The molecule has 0 saturated heterocycles. The SMILES string of the molecule is COc1ccc2c(c1)CCc1cc(C(=O)OCC(=O)c3[nH]c(C)c(C(C)=O)c3C)sc1-2. The number of nitrogens with one attached hydrogen (secondary N) is 1. The molecule has 0 unspecified atom stereocenters. The Morgan fingerprint density at radius 3 is 2.52 bits per heavy atom. The summed E-state index contributed by atoms with van der Waals surface area (Å²) in [6.45, 7) is 4.54. The maximum absolute atomic E-state index is 12.6. The summed E-state index contributed by atoms with van der Waals surface area (Å²) in [5.41, 5.74) is 5.47. The van der Waals surface area contributed by atoms with E-state index in [1.54, 1.807) is 21.0 Å². The molecule has 0 saturated carbocycles. The molecule has 0 fully saturated rings. The van der Waals surface area contributed by atoms with E-state index in [0.29, 0.717) is 27.4 Å². The standard InChI is InChI=1S/C24H23NO5S/c1-12-21(14(3)26)13(2)25-22(12)19(27)11-30-24(28)20-10-16-6-5-15-9-17(29-4)7-8-18(15)23(16)31-20/h7-10,25H,5-6,11H2,1-4H3. The van der Waals surface area contributed by atoms with Gasteiger partial charge in [0.25, 0.3) is 0 Å². The fraction of sp³-hybridized carbons (Fsp3) is 0.292. The van der Waals surface area contributed by atoms with Crippen molar-refractivity contribution in [2.75, 3.05) is 13.7 Å². The Hall–Kier alpha value is -3.19. The van der Waals surface area contributed by atoms with E-state index in [9.17, 15) is 14.4 Å². The van der Waals surface area contributed by atoms with Crippen LogP contribution in [0.5, 0.6) is 5.75 Å². The summed E-state index contributed by atoms with van der Waals surface area (Å²) in [5.74, 6) is -0.167. The number of ketones is 2. The normalized spacial score (nSPS) is 12.1. The molecule has 4 rings (SSSR count). The highest BCUT2D eigenvalue weighted by molar-refractivity contribution is 7.17. The number of hydrogen-bond donors (Lipinski definition) is 1. The number of aryl methyl sites for hydroxylation is 3. The number of benzene rings is 1. The molecule has 160 valence electrons. The largest absolute Gasteiger partial charge is 0.497 e. The maximum atomic E-state index is 12.6. The van der Waals surface area contributed by atoms with Gasteiger partial charge < -0.3 is 14.5 Å². The number of fused-ring (bicyclic) bond motifs is 3. The Labute approximate surface area is 184 Å². The lowest BCUT2D eigenvalue weighted by atomic mass is 9.91. The first-order chi connectivity index (χ1) is 14.8. The third-order valence-electron chi connectivity index (χ3n) is 5.63. The van der Waals surface area contributed by atoms with E-state index in [2.05, 4.69) is 4.98 Å². The molecule has 1 aliphatic carbocycles. The first kappa shape index (κ1) is 21.1.